The van der Waals surface area contributed by atoms with Gasteiger partial charge in [-0.1, -0.05) is 12.8 Å². The minimum absolute atomic E-state index is 0.104. The van der Waals surface area contributed by atoms with Crippen LogP contribution < -0.4 is 5.73 Å². The largest absolute Gasteiger partial charge is 0.324 e. The van der Waals surface area contributed by atoms with Gasteiger partial charge in [-0.3, -0.25) is 4.90 Å². The summed E-state index contributed by atoms with van der Waals surface area (Å²) in [6.45, 7) is 4.81. The normalized spacial score (nSPS) is 19.8. The zero-order valence-electron chi connectivity index (χ0n) is 7.14. The highest BCUT2D eigenvalue weighted by Gasteiger charge is 2.39. The van der Waals surface area contributed by atoms with Gasteiger partial charge in [0.25, 0.3) is 0 Å². The van der Waals surface area contributed by atoms with E-state index in [4.69, 9.17) is 12.2 Å². The maximum atomic E-state index is 5.94. The highest BCUT2D eigenvalue weighted by Crippen LogP contribution is 2.32. The molecule has 0 atom stereocenters. The van der Waals surface area contributed by atoms with Crippen LogP contribution in [0.2, 0.25) is 0 Å². The standard InChI is InChI=1S/C9H16N2/c1-3-7-11(4-2)8-9(10)5-6-9/h1H,4-8,10H2,2H3. The summed E-state index contributed by atoms with van der Waals surface area (Å²) in [5, 5.41) is 0. The van der Waals surface area contributed by atoms with Crippen molar-refractivity contribution in [2.24, 2.45) is 5.73 Å². The van der Waals surface area contributed by atoms with Crippen LogP contribution in [0.5, 0.6) is 0 Å². The third kappa shape index (κ3) is 2.53. The number of rotatable bonds is 4. The van der Waals surface area contributed by atoms with Crippen molar-refractivity contribution in [3.05, 3.63) is 0 Å². The first-order chi connectivity index (χ1) is 5.20. The van der Waals surface area contributed by atoms with Crippen molar-refractivity contribution in [3.63, 3.8) is 0 Å². The van der Waals surface area contributed by atoms with E-state index in [-0.39, 0.29) is 5.54 Å². The van der Waals surface area contributed by atoms with Gasteiger partial charge >= 0.3 is 0 Å². The molecule has 2 N–H and O–H groups in total. The number of terminal acetylenes is 1. The molecule has 2 heteroatoms. The maximum absolute atomic E-state index is 5.94. The van der Waals surface area contributed by atoms with Crippen LogP contribution in [-0.2, 0) is 0 Å². The van der Waals surface area contributed by atoms with Gasteiger partial charge in [0.1, 0.15) is 0 Å². The van der Waals surface area contributed by atoms with E-state index < -0.39 is 0 Å². The van der Waals surface area contributed by atoms with Gasteiger partial charge in [-0.15, -0.1) is 6.42 Å². The Morgan fingerprint density at radius 2 is 2.27 bits per heavy atom. The topological polar surface area (TPSA) is 29.3 Å². The summed E-state index contributed by atoms with van der Waals surface area (Å²) >= 11 is 0. The molecule has 0 heterocycles. The molecule has 1 fully saturated rings. The van der Waals surface area contributed by atoms with Crippen molar-refractivity contribution in [2.45, 2.75) is 25.3 Å². The van der Waals surface area contributed by atoms with Crippen molar-refractivity contribution in [1.82, 2.24) is 4.90 Å². The quantitative estimate of drug-likeness (QED) is 0.592. The molecule has 0 radical (unpaired) electrons. The molecule has 2 nitrogen and oxygen atoms in total. The average Bonchev–Trinajstić information content (AvgIpc) is 2.68. The van der Waals surface area contributed by atoms with E-state index in [9.17, 15) is 0 Å². The highest BCUT2D eigenvalue weighted by molar-refractivity contribution is 5.02. The Balaban J connectivity index is 2.27. The van der Waals surface area contributed by atoms with Crippen LogP contribution in [-0.4, -0.2) is 30.1 Å². The van der Waals surface area contributed by atoms with Gasteiger partial charge in [-0.2, -0.15) is 0 Å². The number of nitrogens with zero attached hydrogens (tertiary/aromatic N) is 1. The molecule has 0 bridgehead atoms. The van der Waals surface area contributed by atoms with Crippen LogP contribution in [0.4, 0.5) is 0 Å². The van der Waals surface area contributed by atoms with Gasteiger partial charge in [0.15, 0.2) is 0 Å². The molecule has 0 amide bonds. The number of hydrogen-bond acceptors (Lipinski definition) is 2. The van der Waals surface area contributed by atoms with Gasteiger partial charge in [0, 0.05) is 12.1 Å². The second-order valence-corrected chi connectivity index (χ2v) is 3.37. The Labute approximate surface area is 68.8 Å². The Bertz CT molecular complexity index is 165. The van der Waals surface area contributed by atoms with E-state index in [2.05, 4.69) is 17.7 Å². The molecule has 1 saturated carbocycles. The van der Waals surface area contributed by atoms with Crippen molar-refractivity contribution >= 4 is 0 Å². The first kappa shape index (κ1) is 8.58. The SMILES string of the molecule is C#CCN(CC)CC1(N)CC1. The zero-order chi connectivity index (χ0) is 8.32. The Hall–Kier alpha value is -0.520. The Morgan fingerprint density at radius 1 is 1.64 bits per heavy atom. The van der Waals surface area contributed by atoms with Crippen LogP contribution in [0.25, 0.3) is 0 Å². The molecule has 1 aliphatic carbocycles. The molecule has 1 aliphatic rings. The van der Waals surface area contributed by atoms with E-state index in [1.54, 1.807) is 0 Å². The predicted octanol–water partition coefficient (Wildman–Crippen LogP) is 0.433. The van der Waals surface area contributed by atoms with Crippen LogP contribution in [0.1, 0.15) is 19.8 Å². The summed E-state index contributed by atoms with van der Waals surface area (Å²) < 4.78 is 0. The molecule has 0 aromatic heterocycles. The van der Waals surface area contributed by atoms with Crippen LogP contribution in [0, 0.1) is 12.3 Å². The summed E-state index contributed by atoms with van der Waals surface area (Å²) in [7, 11) is 0. The number of hydrogen-bond donors (Lipinski definition) is 1. The number of likely N-dealkylation sites (N-methyl/N-ethyl adjacent to an activating group) is 1. The van der Waals surface area contributed by atoms with E-state index >= 15 is 0 Å². The van der Waals surface area contributed by atoms with Gasteiger partial charge in [-0.25, -0.2) is 0 Å². The molecule has 62 valence electrons. The average molecular weight is 152 g/mol. The lowest BCUT2D eigenvalue weighted by atomic mass is 10.2. The van der Waals surface area contributed by atoms with Gasteiger partial charge < -0.3 is 5.73 Å². The third-order valence-electron chi connectivity index (χ3n) is 2.19. The molecule has 0 unspecified atom stereocenters. The molecule has 0 aromatic carbocycles. The third-order valence-corrected chi connectivity index (χ3v) is 2.19. The summed E-state index contributed by atoms with van der Waals surface area (Å²) in [6, 6.07) is 0. The minimum atomic E-state index is 0.104. The molecular formula is C9H16N2. The minimum Gasteiger partial charge on any atom is -0.324 e. The van der Waals surface area contributed by atoms with Crippen LogP contribution in [0.15, 0.2) is 0 Å². The molecule has 0 aromatic rings. The van der Waals surface area contributed by atoms with Crippen molar-refractivity contribution in [3.8, 4) is 12.3 Å². The Morgan fingerprint density at radius 3 is 2.64 bits per heavy atom. The summed E-state index contributed by atoms with van der Waals surface area (Å²) in [4.78, 5) is 2.22. The van der Waals surface area contributed by atoms with Crippen molar-refractivity contribution in [1.29, 1.82) is 0 Å². The molecule has 0 aliphatic heterocycles. The smallest absolute Gasteiger partial charge is 0.0599 e. The van der Waals surface area contributed by atoms with E-state index in [0.29, 0.717) is 0 Å². The highest BCUT2D eigenvalue weighted by atomic mass is 15.1. The molecule has 11 heavy (non-hydrogen) atoms. The summed E-state index contributed by atoms with van der Waals surface area (Å²) in [6.07, 6.45) is 7.53. The lowest BCUT2D eigenvalue weighted by Gasteiger charge is -2.21. The molecular weight excluding hydrogens is 136 g/mol. The number of nitrogens with two attached hydrogens (primary N) is 1. The fourth-order valence-corrected chi connectivity index (χ4v) is 1.17. The van der Waals surface area contributed by atoms with Gasteiger partial charge in [0.2, 0.25) is 0 Å². The first-order valence-corrected chi connectivity index (χ1v) is 4.15. The maximum Gasteiger partial charge on any atom is 0.0599 e. The molecule has 1 rings (SSSR count). The monoisotopic (exact) mass is 152 g/mol. The second-order valence-electron chi connectivity index (χ2n) is 3.37. The van der Waals surface area contributed by atoms with Crippen LogP contribution in [0.3, 0.4) is 0 Å². The van der Waals surface area contributed by atoms with Crippen LogP contribution >= 0.6 is 0 Å². The van der Waals surface area contributed by atoms with E-state index in [1.165, 1.54) is 0 Å². The summed E-state index contributed by atoms with van der Waals surface area (Å²) in [5.41, 5.74) is 6.05. The summed E-state index contributed by atoms with van der Waals surface area (Å²) in [5.74, 6) is 2.64. The van der Waals surface area contributed by atoms with Gasteiger partial charge in [-0.05, 0) is 19.4 Å². The molecule has 0 saturated heterocycles. The van der Waals surface area contributed by atoms with Crippen molar-refractivity contribution < 1.29 is 0 Å². The lowest BCUT2D eigenvalue weighted by Crippen LogP contribution is -2.39. The van der Waals surface area contributed by atoms with Crippen molar-refractivity contribution in [2.75, 3.05) is 19.6 Å². The first-order valence-electron chi connectivity index (χ1n) is 4.15. The Kier molecular flexibility index (Phi) is 2.53. The van der Waals surface area contributed by atoms with Gasteiger partial charge in [0.05, 0.1) is 6.54 Å². The zero-order valence-corrected chi connectivity index (χ0v) is 7.14. The fourth-order valence-electron chi connectivity index (χ4n) is 1.17. The second kappa shape index (κ2) is 3.25. The predicted molar refractivity (Wildman–Crippen MR) is 47.1 cm³/mol. The lowest BCUT2D eigenvalue weighted by molar-refractivity contribution is 0.293. The van der Waals surface area contributed by atoms with E-state index in [1.807, 2.05) is 0 Å². The molecule has 0 spiro atoms. The fraction of sp³-hybridized carbons (Fsp3) is 0.778. The van der Waals surface area contributed by atoms with E-state index in [0.717, 1.165) is 32.5 Å².